The van der Waals surface area contributed by atoms with Gasteiger partial charge in [0, 0.05) is 11.3 Å². The molecule has 0 N–H and O–H groups in total. The summed E-state index contributed by atoms with van der Waals surface area (Å²) in [4.78, 5) is 11.6. The van der Waals surface area contributed by atoms with Crippen molar-refractivity contribution in [3.05, 3.63) is 12.2 Å². The van der Waals surface area contributed by atoms with E-state index in [1.807, 2.05) is 6.08 Å². The lowest BCUT2D eigenvalue weighted by Gasteiger charge is -2.38. The fraction of sp³-hybridized carbons (Fsp3) is 0.750. The molecule has 1 spiro atoms. The van der Waals surface area contributed by atoms with Crippen LogP contribution in [0.5, 0.6) is 0 Å². The molecule has 0 amide bonds. The van der Waals surface area contributed by atoms with Gasteiger partial charge in [0.2, 0.25) is 0 Å². The number of hydrogen-bond acceptors (Lipinski definition) is 1. The lowest BCUT2D eigenvalue weighted by atomic mass is 9.66. The van der Waals surface area contributed by atoms with Crippen LogP contribution in [-0.2, 0) is 4.79 Å². The highest BCUT2D eigenvalue weighted by atomic mass is 16.1. The van der Waals surface area contributed by atoms with Crippen molar-refractivity contribution in [1.82, 2.24) is 0 Å². The molecule has 0 aromatic heterocycles. The molecule has 70 valence electrons. The first kappa shape index (κ1) is 7.78. The molecule has 2 fully saturated rings. The molecule has 1 nitrogen and oxygen atoms in total. The highest BCUT2D eigenvalue weighted by Gasteiger charge is 2.53. The second-order valence-corrected chi connectivity index (χ2v) is 4.92. The smallest absolute Gasteiger partial charge is 0.159 e. The molecule has 1 heteroatoms. The summed E-state index contributed by atoms with van der Waals surface area (Å²) in [6, 6.07) is 0. The molecular weight excluding hydrogens is 160 g/mol. The van der Waals surface area contributed by atoms with Gasteiger partial charge in [0.1, 0.15) is 0 Å². The van der Waals surface area contributed by atoms with Crippen molar-refractivity contribution in [2.45, 2.75) is 38.5 Å². The molecule has 2 saturated carbocycles. The van der Waals surface area contributed by atoms with Crippen LogP contribution in [0.15, 0.2) is 12.2 Å². The molecule has 0 radical (unpaired) electrons. The molecule has 3 rings (SSSR count). The topological polar surface area (TPSA) is 17.1 Å². The molecule has 0 aliphatic heterocycles. The van der Waals surface area contributed by atoms with Gasteiger partial charge in [-0.05, 0) is 37.7 Å². The highest BCUT2D eigenvalue weighted by Crippen LogP contribution is 2.59. The zero-order chi connectivity index (χ0) is 8.89. The van der Waals surface area contributed by atoms with E-state index in [0.29, 0.717) is 17.1 Å². The van der Waals surface area contributed by atoms with E-state index in [4.69, 9.17) is 0 Å². The lowest BCUT2D eigenvalue weighted by molar-refractivity contribution is -0.119. The van der Waals surface area contributed by atoms with Gasteiger partial charge in [-0.1, -0.05) is 18.9 Å². The highest BCUT2D eigenvalue weighted by molar-refractivity contribution is 5.95. The van der Waals surface area contributed by atoms with Gasteiger partial charge in [-0.3, -0.25) is 4.79 Å². The van der Waals surface area contributed by atoms with Crippen LogP contribution in [0.3, 0.4) is 0 Å². The van der Waals surface area contributed by atoms with E-state index in [1.54, 1.807) is 0 Å². The molecule has 0 unspecified atom stereocenters. The number of rotatable bonds is 0. The Labute approximate surface area is 79.2 Å². The SMILES string of the molecule is O=C1C=C[C@]23CCCC[C@H]2CC[C@H]13. The van der Waals surface area contributed by atoms with Gasteiger partial charge < -0.3 is 0 Å². The Morgan fingerprint density at radius 1 is 1.23 bits per heavy atom. The van der Waals surface area contributed by atoms with Crippen molar-refractivity contribution in [2.75, 3.05) is 0 Å². The molecule has 0 bridgehead atoms. The summed E-state index contributed by atoms with van der Waals surface area (Å²) >= 11 is 0. The summed E-state index contributed by atoms with van der Waals surface area (Å²) in [5.41, 5.74) is 0.343. The third kappa shape index (κ3) is 0.853. The lowest BCUT2D eigenvalue weighted by Crippen LogP contribution is -2.32. The van der Waals surface area contributed by atoms with E-state index < -0.39 is 0 Å². The summed E-state index contributed by atoms with van der Waals surface area (Å²) < 4.78 is 0. The molecule has 3 aliphatic rings. The fourth-order valence-electron chi connectivity index (χ4n) is 3.90. The number of carbonyl (C=O) groups excluding carboxylic acids is 1. The van der Waals surface area contributed by atoms with Crippen LogP contribution in [0.25, 0.3) is 0 Å². The van der Waals surface area contributed by atoms with Crippen LogP contribution in [0.2, 0.25) is 0 Å². The van der Waals surface area contributed by atoms with Gasteiger partial charge in [-0.2, -0.15) is 0 Å². The molecule has 0 aromatic rings. The molecule has 3 atom stereocenters. The minimum absolute atomic E-state index is 0.343. The van der Waals surface area contributed by atoms with Crippen LogP contribution in [0, 0.1) is 17.3 Å². The van der Waals surface area contributed by atoms with Gasteiger partial charge in [0.15, 0.2) is 5.78 Å². The Morgan fingerprint density at radius 3 is 3.08 bits per heavy atom. The summed E-state index contributed by atoms with van der Waals surface area (Å²) in [6.45, 7) is 0. The van der Waals surface area contributed by atoms with E-state index in [-0.39, 0.29) is 0 Å². The van der Waals surface area contributed by atoms with Gasteiger partial charge >= 0.3 is 0 Å². The normalized spacial score (nSPS) is 47.8. The average molecular weight is 176 g/mol. The van der Waals surface area contributed by atoms with Crippen LogP contribution in [0.4, 0.5) is 0 Å². The minimum atomic E-state index is 0.343. The second-order valence-electron chi connectivity index (χ2n) is 4.92. The van der Waals surface area contributed by atoms with E-state index in [9.17, 15) is 4.79 Å². The zero-order valence-corrected chi connectivity index (χ0v) is 7.96. The summed E-state index contributed by atoms with van der Waals surface area (Å²) in [5.74, 6) is 1.65. The predicted octanol–water partition coefficient (Wildman–Crippen LogP) is 2.71. The van der Waals surface area contributed by atoms with E-state index >= 15 is 0 Å². The molecule has 3 aliphatic carbocycles. The number of hydrogen-bond donors (Lipinski definition) is 0. The molecule has 13 heavy (non-hydrogen) atoms. The third-order valence-electron chi connectivity index (χ3n) is 4.53. The van der Waals surface area contributed by atoms with E-state index in [0.717, 1.165) is 12.3 Å². The van der Waals surface area contributed by atoms with Crippen molar-refractivity contribution in [1.29, 1.82) is 0 Å². The van der Waals surface area contributed by atoms with Gasteiger partial charge in [0.05, 0.1) is 0 Å². The zero-order valence-electron chi connectivity index (χ0n) is 7.96. The first-order valence-electron chi connectivity index (χ1n) is 5.56. The van der Waals surface area contributed by atoms with Crippen molar-refractivity contribution < 1.29 is 4.79 Å². The Balaban J connectivity index is 2.01. The standard InChI is InChI=1S/C12H16O/c13-11-6-8-12-7-2-1-3-9(12)4-5-10(11)12/h6,8-10H,1-5,7H2/t9-,10+,12+/m0/s1. The van der Waals surface area contributed by atoms with E-state index in [2.05, 4.69) is 6.08 Å². The first-order valence-corrected chi connectivity index (χ1v) is 5.56. The van der Waals surface area contributed by atoms with E-state index in [1.165, 1.54) is 32.1 Å². The van der Waals surface area contributed by atoms with Crippen molar-refractivity contribution in [3.63, 3.8) is 0 Å². The Hall–Kier alpha value is -0.590. The predicted molar refractivity (Wildman–Crippen MR) is 51.3 cm³/mol. The quantitative estimate of drug-likeness (QED) is 0.554. The monoisotopic (exact) mass is 176 g/mol. The number of carbonyl (C=O) groups is 1. The Bertz CT molecular complexity index is 279. The molecule has 0 aromatic carbocycles. The summed E-state index contributed by atoms with van der Waals surface area (Å²) in [5, 5.41) is 0. The third-order valence-corrected chi connectivity index (χ3v) is 4.53. The fourth-order valence-corrected chi connectivity index (χ4v) is 3.90. The van der Waals surface area contributed by atoms with Crippen LogP contribution < -0.4 is 0 Å². The molecule has 0 heterocycles. The minimum Gasteiger partial charge on any atom is -0.295 e. The van der Waals surface area contributed by atoms with Crippen molar-refractivity contribution >= 4 is 5.78 Å². The number of ketones is 1. The summed E-state index contributed by atoms with van der Waals surface area (Å²) in [6.07, 6.45) is 12.0. The molecule has 0 saturated heterocycles. The van der Waals surface area contributed by atoms with Gasteiger partial charge in [0.25, 0.3) is 0 Å². The van der Waals surface area contributed by atoms with Crippen LogP contribution in [0.1, 0.15) is 38.5 Å². The maximum absolute atomic E-state index is 11.6. The maximum Gasteiger partial charge on any atom is 0.159 e. The largest absolute Gasteiger partial charge is 0.295 e. The first-order chi connectivity index (χ1) is 6.33. The van der Waals surface area contributed by atoms with Gasteiger partial charge in [-0.15, -0.1) is 0 Å². The van der Waals surface area contributed by atoms with Crippen molar-refractivity contribution in [2.24, 2.45) is 17.3 Å². The molecular formula is C12H16O. The second kappa shape index (κ2) is 2.46. The summed E-state index contributed by atoms with van der Waals surface area (Å²) in [7, 11) is 0. The maximum atomic E-state index is 11.6. The Morgan fingerprint density at radius 2 is 2.15 bits per heavy atom. The Kier molecular flexibility index (Phi) is 1.47. The van der Waals surface area contributed by atoms with Crippen molar-refractivity contribution in [3.8, 4) is 0 Å². The van der Waals surface area contributed by atoms with Crippen LogP contribution in [-0.4, -0.2) is 5.78 Å². The average Bonchev–Trinajstić information content (AvgIpc) is 2.65. The number of allylic oxidation sites excluding steroid dienone is 2. The van der Waals surface area contributed by atoms with Crippen LogP contribution >= 0.6 is 0 Å². The van der Waals surface area contributed by atoms with Gasteiger partial charge in [-0.25, -0.2) is 0 Å².